The van der Waals surface area contributed by atoms with Crippen LogP contribution in [-0.4, -0.2) is 43.2 Å². The van der Waals surface area contributed by atoms with Gasteiger partial charge in [0.05, 0.1) is 15.7 Å². The zero-order valence-electron chi connectivity index (χ0n) is 16.9. The first kappa shape index (κ1) is 21.0. The zero-order chi connectivity index (χ0) is 21.1. The van der Waals surface area contributed by atoms with Gasteiger partial charge in [0, 0.05) is 44.4 Å². The van der Waals surface area contributed by atoms with E-state index in [-0.39, 0.29) is 12.1 Å². The summed E-state index contributed by atoms with van der Waals surface area (Å²) in [5.41, 5.74) is 2.97. The Balaban J connectivity index is 1.44. The average Bonchev–Trinajstić information content (AvgIpc) is 2.75. The molecule has 1 atom stereocenters. The van der Waals surface area contributed by atoms with Crippen LogP contribution in [-0.2, 0) is 11.2 Å². The monoisotopic (exact) mass is 445 g/mol. The molecular formula is C23H25Cl2N3O2. The Bertz CT molecular complexity index is 955. The van der Waals surface area contributed by atoms with E-state index in [1.807, 2.05) is 43.3 Å². The molecule has 0 aliphatic carbocycles. The molecule has 0 saturated carbocycles. The van der Waals surface area contributed by atoms with Crippen LogP contribution in [0.5, 0.6) is 5.75 Å². The molecule has 30 heavy (non-hydrogen) atoms. The summed E-state index contributed by atoms with van der Waals surface area (Å²) >= 11 is 12.6. The smallest absolute Gasteiger partial charge is 0.224 e. The van der Waals surface area contributed by atoms with E-state index < -0.39 is 0 Å². The SMILES string of the molecule is CC=CC(Oc1ccc2c(c1)NC(=O)CC2)N1CCN(c2cccc(Cl)c2Cl)CC1. The van der Waals surface area contributed by atoms with Gasteiger partial charge in [-0.05, 0) is 43.2 Å². The number of ether oxygens (including phenoxy) is 1. The normalized spacial score (nSPS) is 18.2. The molecule has 1 fully saturated rings. The molecule has 158 valence electrons. The number of nitrogens with zero attached hydrogens (tertiary/aromatic N) is 2. The standard InChI is InChI=1S/C23H25Cl2N3O2/c1-2-4-22(30-17-9-7-16-8-10-21(29)26-19(16)15-17)28-13-11-27(12-14-28)20-6-3-5-18(24)23(20)25/h2-7,9,15,22H,8,10-14H2,1H3,(H,26,29). The lowest BCUT2D eigenvalue weighted by atomic mass is 10.0. The van der Waals surface area contributed by atoms with Gasteiger partial charge < -0.3 is 15.0 Å². The maximum Gasteiger partial charge on any atom is 0.224 e. The Hall–Kier alpha value is -2.21. The average molecular weight is 446 g/mol. The number of piperazine rings is 1. The third-order valence-corrected chi connectivity index (χ3v) is 6.35. The van der Waals surface area contributed by atoms with Crippen molar-refractivity contribution in [3.63, 3.8) is 0 Å². The Labute approximate surface area is 187 Å². The number of benzene rings is 2. The highest BCUT2D eigenvalue weighted by molar-refractivity contribution is 6.43. The molecule has 5 nitrogen and oxygen atoms in total. The first-order valence-corrected chi connectivity index (χ1v) is 11.0. The molecule has 7 heteroatoms. The molecule has 1 N–H and O–H groups in total. The fraction of sp³-hybridized carbons (Fsp3) is 0.348. The highest BCUT2D eigenvalue weighted by Crippen LogP contribution is 2.33. The van der Waals surface area contributed by atoms with Crippen molar-refractivity contribution in [3.8, 4) is 5.75 Å². The van der Waals surface area contributed by atoms with Gasteiger partial charge in [-0.2, -0.15) is 0 Å². The largest absolute Gasteiger partial charge is 0.471 e. The minimum atomic E-state index is -0.177. The fourth-order valence-electron chi connectivity index (χ4n) is 3.92. The lowest BCUT2D eigenvalue weighted by Gasteiger charge is -2.39. The van der Waals surface area contributed by atoms with Crippen molar-refractivity contribution >= 4 is 40.5 Å². The van der Waals surface area contributed by atoms with Crippen LogP contribution in [0.2, 0.25) is 10.0 Å². The summed E-state index contributed by atoms with van der Waals surface area (Å²) in [6.45, 7) is 5.32. The van der Waals surface area contributed by atoms with E-state index in [1.165, 1.54) is 0 Å². The zero-order valence-corrected chi connectivity index (χ0v) is 18.4. The Morgan fingerprint density at radius 2 is 1.90 bits per heavy atom. The van der Waals surface area contributed by atoms with Crippen molar-refractivity contribution < 1.29 is 9.53 Å². The van der Waals surface area contributed by atoms with E-state index >= 15 is 0 Å². The maximum absolute atomic E-state index is 11.7. The van der Waals surface area contributed by atoms with Crippen LogP contribution >= 0.6 is 23.2 Å². The third-order valence-electron chi connectivity index (χ3n) is 5.54. The number of fused-ring (bicyclic) bond motifs is 1. The predicted octanol–water partition coefficient (Wildman–Crippen LogP) is 4.98. The Kier molecular flexibility index (Phi) is 6.52. The van der Waals surface area contributed by atoms with Crippen LogP contribution < -0.4 is 15.0 Å². The summed E-state index contributed by atoms with van der Waals surface area (Å²) in [4.78, 5) is 16.3. The molecule has 0 aromatic heterocycles. The quantitative estimate of drug-likeness (QED) is 0.658. The van der Waals surface area contributed by atoms with Gasteiger partial charge in [-0.1, -0.05) is 41.4 Å². The first-order valence-electron chi connectivity index (χ1n) is 10.2. The van der Waals surface area contributed by atoms with Gasteiger partial charge in [0.25, 0.3) is 0 Å². The molecule has 1 amide bonds. The topological polar surface area (TPSA) is 44.8 Å². The van der Waals surface area contributed by atoms with E-state index in [4.69, 9.17) is 27.9 Å². The van der Waals surface area contributed by atoms with Crippen molar-refractivity contribution in [2.24, 2.45) is 0 Å². The van der Waals surface area contributed by atoms with Gasteiger partial charge in [-0.15, -0.1) is 0 Å². The number of nitrogens with one attached hydrogen (secondary N) is 1. The van der Waals surface area contributed by atoms with E-state index in [2.05, 4.69) is 21.2 Å². The second-order valence-electron chi connectivity index (χ2n) is 7.50. The number of carbonyl (C=O) groups is 1. The number of hydrogen-bond donors (Lipinski definition) is 1. The molecule has 0 spiro atoms. The number of anilines is 2. The summed E-state index contributed by atoms with van der Waals surface area (Å²) in [5.74, 6) is 0.805. The first-order chi connectivity index (χ1) is 14.5. The minimum absolute atomic E-state index is 0.0560. The molecule has 2 aromatic rings. The fourth-order valence-corrected chi connectivity index (χ4v) is 4.33. The number of aryl methyl sites for hydroxylation is 1. The molecule has 0 radical (unpaired) electrons. The van der Waals surface area contributed by atoms with E-state index in [0.717, 1.165) is 55.3 Å². The van der Waals surface area contributed by atoms with E-state index in [1.54, 1.807) is 6.07 Å². The minimum Gasteiger partial charge on any atom is -0.471 e. The summed E-state index contributed by atoms with van der Waals surface area (Å²) in [7, 11) is 0. The van der Waals surface area contributed by atoms with Crippen molar-refractivity contribution in [1.29, 1.82) is 0 Å². The Morgan fingerprint density at radius 1 is 1.10 bits per heavy atom. The van der Waals surface area contributed by atoms with Crippen LogP contribution in [0.3, 0.4) is 0 Å². The molecule has 2 heterocycles. The highest BCUT2D eigenvalue weighted by atomic mass is 35.5. The maximum atomic E-state index is 11.7. The molecule has 4 rings (SSSR count). The summed E-state index contributed by atoms with van der Waals surface area (Å²) < 4.78 is 6.30. The molecule has 1 saturated heterocycles. The summed E-state index contributed by atoms with van der Waals surface area (Å²) in [6, 6.07) is 11.7. The van der Waals surface area contributed by atoms with Gasteiger partial charge in [0.1, 0.15) is 5.75 Å². The number of allylic oxidation sites excluding steroid dienone is 1. The van der Waals surface area contributed by atoms with Crippen LogP contribution in [0.4, 0.5) is 11.4 Å². The number of carbonyl (C=O) groups excluding carboxylic acids is 1. The predicted molar refractivity (Wildman–Crippen MR) is 123 cm³/mol. The third kappa shape index (κ3) is 4.59. The van der Waals surface area contributed by atoms with Gasteiger partial charge in [0.15, 0.2) is 6.23 Å². The van der Waals surface area contributed by atoms with Crippen LogP contribution in [0.1, 0.15) is 18.9 Å². The van der Waals surface area contributed by atoms with Gasteiger partial charge in [-0.3, -0.25) is 9.69 Å². The van der Waals surface area contributed by atoms with Crippen LogP contribution in [0, 0.1) is 0 Å². The molecule has 2 aliphatic rings. The lowest BCUT2D eigenvalue weighted by Crippen LogP contribution is -2.51. The molecular weight excluding hydrogens is 421 g/mol. The van der Waals surface area contributed by atoms with Gasteiger partial charge >= 0.3 is 0 Å². The molecule has 1 unspecified atom stereocenters. The summed E-state index contributed by atoms with van der Waals surface area (Å²) in [6.07, 6.45) is 5.19. The molecule has 0 bridgehead atoms. The van der Waals surface area contributed by atoms with Crippen molar-refractivity contribution in [3.05, 3.63) is 64.2 Å². The second-order valence-corrected chi connectivity index (χ2v) is 8.28. The van der Waals surface area contributed by atoms with Crippen molar-refractivity contribution in [2.45, 2.75) is 26.0 Å². The number of hydrogen-bond acceptors (Lipinski definition) is 4. The lowest BCUT2D eigenvalue weighted by molar-refractivity contribution is -0.116. The van der Waals surface area contributed by atoms with E-state index in [9.17, 15) is 4.79 Å². The molecule has 2 aromatic carbocycles. The van der Waals surface area contributed by atoms with Crippen LogP contribution in [0.15, 0.2) is 48.6 Å². The van der Waals surface area contributed by atoms with E-state index in [0.29, 0.717) is 16.5 Å². The van der Waals surface area contributed by atoms with Crippen molar-refractivity contribution in [2.75, 3.05) is 36.4 Å². The van der Waals surface area contributed by atoms with Gasteiger partial charge in [0.2, 0.25) is 5.91 Å². The number of amides is 1. The number of rotatable bonds is 5. The highest BCUT2D eigenvalue weighted by Gasteiger charge is 2.25. The van der Waals surface area contributed by atoms with Gasteiger partial charge in [-0.25, -0.2) is 0 Å². The number of halogens is 2. The van der Waals surface area contributed by atoms with Crippen LogP contribution in [0.25, 0.3) is 0 Å². The summed E-state index contributed by atoms with van der Waals surface area (Å²) in [5, 5.41) is 4.12. The Morgan fingerprint density at radius 3 is 2.67 bits per heavy atom. The molecule has 2 aliphatic heterocycles. The second kappa shape index (κ2) is 9.29. The van der Waals surface area contributed by atoms with Crippen molar-refractivity contribution in [1.82, 2.24) is 4.90 Å².